The van der Waals surface area contributed by atoms with Crippen molar-refractivity contribution in [2.24, 2.45) is 0 Å². The molecule has 2 N–H and O–H groups in total. The highest BCUT2D eigenvalue weighted by atomic mass is 35.5. The predicted octanol–water partition coefficient (Wildman–Crippen LogP) is 5.04. The number of hydrogen-bond acceptors (Lipinski definition) is 4. The lowest BCUT2D eigenvalue weighted by atomic mass is 10.1. The van der Waals surface area contributed by atoms with Crippen LogP contribution in [0.4, 0.5) is 10.1 Å². The van der Waals surface area contributed by atoms with Crippen LogP contribution in [0.5, 0.6) is 0 Å². The summed E-state index contributed by atoms with van der Waals surface area (Å²) in [5.41, 5.74) is 1.16. The highest BCUT2D eigenvalue weighted by Crippen LogP contribution is 2.29. The second kappa shape index (κ2) is 9.79. The summed E-state index contributed by atoms with van der Waals surface area (Å²) >= 11 is 13.1. The first-order valence-corrected chi connectivity index (χ1v) is 9.43. The number of amides is 1. The molecule has 2 aromatic carbocycles. The third kappa shape index (κ3) is 5.61. The summed E-state index contributed by atoms with van der Waals surface area (Å²) in [6.07, 6.45) is 0. The molecule has 0 fully saturated rings. The third-order valence-electron chi connectivity index (χ3n) is 3.53. The van der Waals surface area contributed by atoms with Crippen molar-refractivity contribution in [1.82, 2.24) is 5.32 Å². The number of anilines is 1. The summed E-state index contributed by atoms with van der Waals surface area (Å²) in [7, 11) is 0. The quantitative estimate of drug-likeness (QED) is 0.494. The topological polar surface area (TPSA) is 64.9 Å². The zero-order chi connectivity index (χ0) is 19.1. The maximum atomic E-state index is 13.6. The normalized spacial score (nSPS) is 11.7. The van der Waals surface area contributed by atoms with Gasteiger partial charge >= 0.3 is 0 Å². The van der Waals surface area contributed by atoms with E-state index in [1.165, 1.54) is 23.9 Å². The highest BCUT2D eigenvalue weighted by molar-refractivity contribution is 7.99. The molecule has 0 aromatic heterocycles. The lowest BCUT2D eigenvalue weighted by molar-refractivity contribution is -0.115. The Hall–Kier alpha value is -1.78. The summed E-state index contributed by atoms with van der Waals surface area (Å²) in [4.78, 5) is 13.0. The molecule has 0 aliphatic heterocycles. The second-order valence-electron chi connectivity index (χ2n) is 5.38. The Morgan fingerprint density at radius 2 is 2.04 bits per heavy atom. The first kappa shape index (κ1) is 20.5. The van der Waals surface area contributed by atoms with E-state index in [1.54, 1.807) is 19.1 Å². The van der Waals surface area contributed by atoms with Crippen molar-refractivity contribution in [3.8, 4) is 6.07 Å². The van der Waals surface area contributed by atoms with Gasteiger partial charge in [-0.15, -0.1) is 11.8 Å². The first-order valence-electron chi connectivity index (χ1n) is 7.68. The van der Waals surface area contributed by atoms with Gasteiger partial charge in [-0.1, -0.05) is 35.3 Å². The maximum Gasteiger partial charge on any atom is 0.238 e. The molecule has 0 saturated heterocycles. The second-order valence-corrected chi connectivity index (χ2v) is 7.21. The molecule has 0 saturated carbocycles. The van der Waals surface area contributed by atoms with Crippen LogP contribution < -0.4 is 10.6 Å². The monoisotopic (exact) mass is 411 g/mol. The number of halogens is 3. The van der Waals surface area contributed by atoms with Gasteiger partial charge in [-0.3, -0.25) is 4.79 Å². The molecule has 1 atom stereocenters. The molecule has 2 rings (SSSR count). The van der Waals surface area contributed by atoms with E-state index in [9.17, 15) is 9.18 Å². The molecule has 0 unspecified atom stereocenters. The molecule has 2 aromatic rings. The van der Waals surface area contributed by atoms with Crippen LogP contribution in [0.3, 0.4) is 0 Å². The number of carbonyl (C=O) groups is 1. The van der Waals surface area contributed by atoms with Crippen LogP contribution >= 0.6 is 35.0 Å². The molecule has 4 nitrogen and oxygen atoms in total. The molecular weight excluding hydrogens is 396 g/mol. The Bertz CT molecular complexity index is 842. The van der Waals surface area contributed by atoms with Crippen molar-refractivity contribution < 1.29 is 9.18 Å². The van der Waals surface area contributed by atoms with Crippen molar-refractivity contribution in [3.63, 3.8) is 0 Å². The van der Waals surface area contributed by atoms with Crippen LogP contribution in [0.1, 0.15) is 18.5 Å². The van der Waals surface area contributed by atoms with Crippen LogP contribution in [0.15, 0.2) is 41.3 Å². The summed E-state index contributed by atoms with van der Waals surface area (Å²) in [6, 6.07) is 11.6. The minimum absolute atomic E-state index is 0.0129. The Morgan fingerprint density at radius 1 is 1.31 bits per heavy atom. The van der Waals surface area contributed by atoms with Crippen molar-refractivity contribution in [2.75, 3.05) is 17.6 Å². The largest absolute Gasteiger partial charge is 0.324 e. The fourth-order valence-corrected chi connectivity index (χ4v) is 3.44. The first-order chi connectivity index (χ1) is 12.4. The smallest absolute Gasteiger partial charge is 0.238 e. The van der Waals surface area contributed by atoms with E-state index in [0.29, 0.717) is 22.0 Å². The lowest BCUT2D eigenvalue weighted by Crippen LogP contribution is -2.30. The zero-order valence-corrected chi connectivity index (χ0v) is 16.2. The zero-order valence-electron chi connectivity index (χ0n) is 13.9. The predicted molar refractivity (Wildman–Crippen MR) is 104 cm³/mol. The van der Waals surface area contributed by atoms with Gasteiger partial charge in [-0.05, 0) is 36.8 Å². The molecule has 1 amide bonds. The maximum absolute atomic E-state index is 13.6. The summed E-state index contributed by atoms with van der Waals surface area (Å²) in [6.45, 7) is 1.79. The molecule has 0 aliphatic rings. The van der Waals surface area contributed by atoms with Gasteiger partial charge < -0.3 is 10.6 Å². The molecule has 0 radical (unpaired) electrons. The number of nitrogens with zero attached hydrogens (tertiary/aromatic N) is 1. The van der Waals surface area contributed by atoms with Crippen LogP contribution in [0.2, 0.25) is 10.0 Å². The standard InChI is InChI=1S/C18H16Cl2FN3OS/c1-11(12-8-15(21)14(20)9-13(12)19)23-10-18(25)24-16-4-2-3-5-17(16)26-7-6-22/h2-5,8-9,11,23H,7,10H2,1H3,(H,24,25)/t11-/m1/s1. The molecule has 26 heavy (non-hydrogen) atoms. The number of benzene rings is 2. The highest BCUT2D eigenvalue weighted by Gasteiger charge is 2.15. The Labute approximate surface area is 165 Å². The minimum Gasteiger partial charge on any atom is -0.324 e. The van der Waals surface area contributed by atoms with Crippen molar-refractivity contribution >= 4 is 46.6 Å². The van der Waals surface area contributed by atoms with Crippen LogP contribution in [-0.4, -0.2) is 18.2 Å². The third-order valence-corrected chi connectivity index (χ3v) is 5.09. The SMILES string of the molecule is C[C@@H](NCC(=O)Nc1ccccc1SCC#N)c1cc(F)c(Cl)cc1Cl. The number of carbonyl (C=O) groups excluding carboxylic acids is 1. The fourth-order valence-electron chi connectivity index (χ4n) is 2.23. The number of hydrogen-bond donors (Lipinski definition) is 2. The molecular formula is C18H16Cl2FN3OS. The van der Waals surface area contributed by atoms with E-state index in [1.807, 2.05) is 12.1 Å². The van der Waals surface area contributed by atoms with E-state index < -0.39 is 5.82 Å². The number of nitrogens with one attached hydrogen (secondary N) is 2. The average molecular weight is 412 g/mol. The van der Waals surface area contributed by atoms with Gasteiger partial charge in [0.05, 0.1) is 29.1 Å². The lowest BCUT2D eigenvalue weighted by Gasteiger charge is -2.16. The number of thioether (sulfide) groups is 1. The van der Waals surface area contributed by atoms with Gasteiger partial charge in [0.1, 0.15) is 5.82 Å². The summed E-state index contributed by atoms with van der Waals surface area (Å²) in [5, 5.41) is 14.8. The van der Waals surface area contributed by atoms with Crippen LogP contribution in [0, 0.1) is 17.1 Å². The van der Waals surface area contributed by atoms with Gasteiger partial charge in [0, 0.05) is 16.0 Å². The molecule has 0 aliphatic carbocycles. The summed E-state index contributed by atoms with van der Waals surface area (Å²) < 4.78 is 13.6. The number of rotatable bonds is 7. The van der Waals surface area contributed by atoms with Gasteiger partial charge in [0.25, 0.3) is 0 Å². The van der Waals surface area contributed by atoms with E-state index in [4.69, 9.17) is 28.5 Å². The number of nitriles is 1. The molecule has 0 bridgehead atoms. The number of para-hydroxylation sites is 1. The van der Waals surface area contributed by atoms with Crippen LogP contribution in [-0.2, 0) is 4.79 Å². The van der Waals surface area contributed by atoms with Gasteiger partial charge in [0.2, 0.25) is 5.91 Å². The Balaban J connectivity index is 1.97. The van der Waals surface area contributed by atoms with Crippen LogP contribution in [0.25, 0.3) is 0 Å². The molecule has 0 spiro atoms. The van der Waals surface area contributed by atoms with Gasteiger partial charge in [-0.25, -0.2) is 4.39 Å². The van der Waals surface area contributed by atoms with E-state index in [-0.39, 0.29) is 23.5 Å². The summed E-state index contributed by atoms with van der Waals surface area (Å²) in [5.74, 6) is -0.525. The van der Waals surface area contributed by atoms with Gasteiger partial charge in [0.15, 0.2) is 0 Å². The van der Waals surface area contributed by atoms with Crippen molar-refractivity contribution in [2.45, 2.75) is 17.9 Å². The average Bonchev–Trinajstić information content (AvgIpc) is 2.62. The molecule has 0 heterocycles. The Kier molecular flexibility index (Phi) is 7.73. The minimum atomic E-state index is -0.562. The molecule has 8 heteroatoms. The molecule has 136 valence electrons. The van der Waals surface area contributed by atoms with Crippen molar-refractivity contribution in [1.29, 1.82) is 5.26 Å². The fraction of sp³-hybridized carbons (Fsp3) is 0.222. The Morgan fingerprint density at radius 3 is 2.77 bits per heavy atom. The van der Waals surface area contributed by atoms with E-state index in [0.717, 1.165) is 4.90 Å². The van der Waals surface area contributed by atoms with E-state index >= 15 is 0 Å². The van der Waals surface area contributed by atoms with Gasteiger partial charge in [-0.2, -0.15) is 5.26 Å². The van der Waals surface area contributed by atoms with E-state index in [2.05, 4.69) is 16.7 Å². The van der Waals surface area contributed by atoms with Crippen molar-refractivity contribution in [3.05, 3.63) is 57.8 Å².